The fourth-order valence-electron chi connectivity index (χ4n) is 3.93. The second-order valence-corrected chi connectivity index (χ2v) is 9.74. The first-order chi connectivity index (χ1) is 18.9. The van der Waals surface area contributed by atoms with Crippen LogP contribution in [0, 0.1) is 0 Å². The van der Waals surface area contributed by atoms with Gasteiger partial charge in [-0.1, -0.05) is 24.3 Å². The van der Waals surface area contributed by atoms with E-state index in [0.717, 1.165) is 30.5 Å². The summed E-state index contributed by atoms with van der Waals surface area (Å²) in [6.45, 7) is 6.51. The minimum Gasteiger partial charge on any atom is -0.483 e. The SMILES string of the molecule is CCN=C=NCCC[N+](C)(C)CCOCCNC(=O)COc1ccccc1C1=Nc2ccccc2NC(=O)C1. The average molecular weight is 536 g/mol. The number of para-hydroxylation sites is 3. The van der Waals surface area contributed by atoms with Crippen LogP contribution >= 0.6 is 0 Å². The Labute approximate surface area is 230 Å². The second kappa shape index (κ2) is 15.5. The third-order valence-electron chi connectivity index (χ3n) is 6.06. The number of hydrogen-bond donors (Lipinski definition) is 2. The van der Waals surface area contributed by atoms with E-state index in [1.165, 1.54) is 0 Å². The van der Waals surface area contributed by atoms with Gasteiger partial charge < -0.3 is 24.6 Å². The fraction of sp³-hybridized carbons (Fsp3) is 0.448. The third-order valence-corrected chi connectivity index (χ3v) is 6.06. The number of anilines is 1. The van der Waals surface area contributed by atoms with Gasteiger partial charge in [0.2, 0.25) is 5.91 Å². The number of likely N-dealkylation sites (N-methyl/N-ethyl adjacent to an activating group) is 1. The number of rotatable bonds is 15. The molecule has 1 aliphatic heterocycles. The molecule has 0 bridgehead atoms. The van der Waals surface area contributed by atoms with E-state index in [1.807, 2.05) is 49.4 Å². The number of hydrogen-bond acceptors (Lipinski definition) is 7. The van der Waals surface area contributed by atoms with Crippen LogP contribution in [0.25, 0.3) is 0 Å². The lowest BCUT2D eigenvalue weighted by Gasteiger charge is -2.29. The molecule has 10 nitrogen and oxygen atoms in total. The molecular formula is C29H39N6O4+. The molecule has 2 N–H and O–H groups in total. The molecule has 0 saturated heterocycles. The summed E-state index contributed by atoms with van der Waals surface area (Å²) in [6.07, 6.45) is 1.07. The van der Waals surface area contributed by atoms with Crippen molar-refractivity contribution in [1.29, 1.82) is 0 Å². The highest BCUT2D eigenvalue weighted by molar-refractivity contribution is 6.17. The van der Waals surface area contributed by atoms with Crippen LogP contribution in [0.4, 0.5) is 11.4 Å². The molecule has 0 aliphatic carbocycles. The molecule has 10 heteroatoms. The number of fused-ring (bicyclic) bond motifs is 1. The zero-order valence-electron chi connectivity index (χ0n) is 23.1. The summed E-state index contributed by atoms with van der Waals surface area (Å²) in [5, 5.41) is 5.70. The summed E-state index contributed by atoms with van der Waals surface area (Å²) >= 11 is 0. The number of carbonyl (C=O) groups is 2. The molecule has 3 rings (SSSR count). The molecule has 1 aliphatic rings. The molecule has 39 heavy (non-hydrogen) atoms. The zero-order valence-corrected chi connectivity index (χ0v) is 23.1. The van der Waals surface area contributed by atoms with E-state index in [-0.39, 0.29) is 24.8 Å². The van der Waals surface area contributed by atoms with E-state index in [2.05, 4.69) is 40.7 Å². The number of nitrogens with one attached hydrogen (secondary N) is 2. The third kappa shape index (κ3) is 10.4. The predicted molar refractivity (Wildman–Crippen MR) is 153 cm³/mol. The van der Waals surface area contributed by atoms with Crippen molar-refractivity contribution in [3.05, 3.63) is 54.1 Å². The minimum atomic E-state index is -0.248. The van der Waals surface area contributed by atoms with Crippen LogP contribution in [0.3, 0.4) is 0 Å². The Balaban J connectivity index is 1.39. The van der Waals surface area contributed by atoms with Crippen LogP contribution in [-0.2, 0) is 14.3 Å². The highest BCUT2D eigenvalue weighted by atomic mass is 16.5. The van der Waals surface area contributed by atoms with Gasteiger partial charge >= 0.3 is 0 Å². The van der Waals surface area contributed by atoms with E-state index in [0.29, 0.717) is 54.7 Å². The zero-order chi connectivity index (χ0) is 27.9. The average Bonchev–Trinajstić information content (AvgIpc) is 3.09. The number of quaternary nitrogens is 1. The van der Waals surface area contributed by atoms with Gasteiger partial charge in [0, 0.05) is 25.1 Å². The molecule has 208 valence electrons. The van der Waals surface area contributed by atoms with Crippen molar-refractivity contribution < 1.29 is 23.5 Å². The van der Waals surface area contributed by atoms with Crippen LogP contribution in [0.1, 0.15) is 25.3 Å². The Kier molecular flexibility index (Phi) is 11.8. The monoisotopic (exact) mass is 535 g/mol. The highest BCUT2D eigenvalue weighted by Gasteiger charge is 2.20. The molecule has 0 saturated carbocycles. The molecule has 1 heterocycles. The molecule has 0 fully saturated rings. The van der Waals surface area contributed by atoms with Gasteiger partial charge in [-0.3, -0.25) is 9.59 Å². The van der Waals surface area contributed by atoms with E-state index in [4.69, 9.17) is 14.5 Å². The van der Waals surface area contributed by atoms with Crippen LogP contribution in [0.5, 0.6) is 5.75 Å². The smallest absolute Gasteiger partial charge is 0.258 e. The number of ether oxygens (including phenoxy) is 2. The maximum Gasteiger partial charge on any atom is 0.258 e. The highest BCUT2D eigenvalue weighted by Crippen LogP contribution is 2.30. The lowest BCUT2D eigenvalue weighted by Crippen LogP contribution is -2.43. The van der Waals surface area contributed by atoms with E-state index in [9.17, 15) is 9.59 Å². The second-order valence-electron chi connectivity index (χ2n) is 9.74. The number of amides is 2. The summed E-state index contributed by atoms with van der Waals surface area (Å²) in [4.78, 5) is 37.6. The minimum absolute atomic E-state index is 0.107. The number of aliphatic imine (C=N–C) groups is 3. The summed E-state index contributed by atoms with van der Waals surface area (Å²) in [7, 11) is 4.33. The van der Waals surface area contributed by atoms with Gasteiger partial charge in [0.25, 0.3) is 5.91 Å². The van der Waals surface area contributed by atoms with Crippen molar-refractivity contribution in [3.63, 3.8) is 0 Å². The van der Waals surface area contributed by atoms with Gasteiger partial charge in [-0.05, 0) is 31.2 Å². The van der Waals surface area contributed by atoms with Crippen molar-refractivity contribution in [2.75, 3.05) is 72.0 Å². The molecule has 0 aromatic heterocycles. The first-order valence-corrected chi connectivity index (χ1v) is 13.3. The van der Waals surface area contributed by atoms with Crippen LogP contribution in [0.15, 0.2) is 63.5 Å². The summed E-state index contributed by atoms with van der Waals surface area (Å²) in [5.41, 5.74) is 2.62. The molecule has 2 amide bonds. The van der Waals surface area contributed by atoms with Gasteiger partial charge in [0.1, 0.15) is 12.3 Å². The van der Waals surface area contributed by atoms with Crippen molar-refractivity contribution in [2.24, 2.45) is 15.0 Å². The van der Waals surface area contributed by atoms with Gasteiger partial charge in [-0.15, -0.1) is 0 Å². The molecule has 0 atom stereocenters. The Bertz CT molecular complexity index is 1200. The van der Waals surface area contributed by atoms with Gasteiger partial charge in [0.05, 0.1) is 69.9 Å². The summed E-state index contributed by atoms with van der Waals surface area (Å²) < 4.78 is 12.4. The Hall–Kier alpha value is -3.85. The standard InChI is InChI=1S/C29H38N6O4/c1-4-30-22-31-14-9-16-35(2,3)17-19-38-18-15-32-29(37)21-39-27-13-8-5-10-23(27)26-20-28(36)34-25-12-7-6-11-24(25)33-26/h5-8,10-13H,4,9,14-21H2,1-3H3,(H-,32,34,36,37)/p+1. The topological polar surface area (TPSA) is 114 Å². The maximum absolute atomic E-state index is 12.4. The molecule has 0 spiro atoms. The van der Waals surface area contributed by atoms with Gasteiger partial charge in [0.15, 0.2) is 6.61 Å². The quantitative estimate of drug-likeness (QED) is 0.207. The number of benzene rings is 2. The predicted octanol–water partition coefficient (Wildman–Crippen LogP) is 3.32. The number of carbonyl (C=O) groups excluding carboxylic acids is 2. The van der Waals surface area contributed by atoms with Crippen molar-refractivity contribution in [3.8, 4) is 5.75 Å². The summed E-state index contributed by atoms with van der Waals surface area (Å²) in [5.74, 6) is 0.0979. The first-order valence-electron chi connectivity index (χ1n) is 13.3. The Morgan fingerprint density at radius 2 is 1.90 bits per heavy atom. The first kappa shape index (κ1) is 29.7. The molecule has 2 aromatic rings. The van der Waals surface area contributed by atoms with E-state index in [1.54, 1.807) is 6.07 Å². The fourth-order valence-corrected chi connectivity index (χ4v) is 3.93. The maximum atomic E-state index is 12.4. The molecule has 2 aromatic carbocycles. The van der Waals surface area contributed by atoms with Gasteiger partial charge in [-0.2, -0.15) is 0 Å². The summed E-state index contributed by atoms with van der Waals surface area (Å²) in [6, 6.07) is 17.4. The lowest BCUT2D eigenvalue weighted by molar-refractivity contribution is -0.890. The molecular weight excluding hydrogens is 496 g/mol. The number of nitrogens with zero attached hydrogens (tertiary/aromatic N) is 4. The van der Waals surface area contributed by atoms with Crippen molar-refractivity contribution >= 4 is 34.9 Å². The molecule has 0 radical (unpaired) electrons. The van der Waals surface area contributed by atoms with Crippen molar-refractivity contribution in [1.82, 2.24) is 5.32 Å². The van der Waals surface area contributed by atoms with Crippen molar-refractivity contribution in [2.45, 2.75) is 19.8 Å². The Morgan fingerprint density at radius 3 is 2.74 bits per heavy atom. The van der Waals surface area contributed by atoms with Crippen LogP contribution in [-0.4, -0.2) is 94.7 Å². The van der Waals surface area contributed by atoms with E-state index >= 15 is 0 Å². The van der Waals surface area contributed by atoms with Crippen LogP contribution in [0.2, 0.25) is 0 Å². The van der Waals surface area contributed by atoms with Gasteiger partial charge in [-0.25, -0.2) is 15.0 Å². The lowest BCUT2D eigenvalue weighted by atomic mass is 10.1. The normalized spacial score (nSPS) is 12.8. The largest absolute Gasteiger partial charge is 0.483 e. The van der Waals surface area contributed by atoms with E-state index < -0.39 is 0 Å². The molecule has 0 unspecified atom stereocenters. The Morgan fingerprint density at radius 1 is 1.10 bits per heavy atom. The van der Waals surface area contributed by atoms with Crippen LogP contribution < -0.4 is 15.4 Å².